The minimum Gasteiger partial charge on any atom is -0.381 e. The summed E-state index contributed by atoms with van der Waals surface area (Å²) in [5, 5.41) is -0.652. The summed E-state index contributed by atoms with van der Waals surface area (Å²) in [6, 6.07) is 11.5. The van der Waals surface area contributed by atoms with Gasteiger partial charge in [0.05, 0.1) is 0 Å². The summed E-state index contributed by atoms with van der Waals surface area (Å²) in [4.78, 5) is 0. The maximum Gasteiger partial charge on any atom is 0.221 e. The highest BCUT2D eigenvalue weighted by Crippen LogP contribution is 2.38. The standard InChI is InChI=1S/C23H27F2NO3S/c1-23(9-12-29-13-10-23)19-15-20(24)18(14-21(19)25)16-26-11-5-8-22(30(26,27)28)17-6-3-2-4-7-17/h2-4,6-7,14-15,22H,5,8-13,16H2,1H3/t22-/m1/s1. The van der Waals surface area contributed by atoms with Gasteiger partial charge < -0.3 is 4.74 Å². The van der Waals surface area contributed by atoms with Gasteiger partial charge in [0.1, 0.15) is 16.9 Å². The third kappa shape index (κ3) is 4.03. The summed E-state index contributed by atoms with van der Waals surface area (Å²) in [7, 11) is -3.66. The van der Waals surface area contributed by atoms with E-state index in [4.69, 9.17) is 4.74 Å². The number of ether oxygens (including phenoxy) is 1. The minimum atomic E-state index is -3.66. The second-order valence-electron chi connectivity index (χ2n) is 8.52. The SMILES string of the molecule is CC1(c2cc(F)c(CN3CCC[C@H](c4ccccc4)S3(=O)=O)cc2F)CCOCC1. The van der Waals surface area contributed by atoms with Gasteiger partial charge in [-0.25, -0.2) is 17.2 Å². The number of halogens is 2. The number of benzene rings is 2. The monoisotopic (exact) mass is 435 g/mol. The Hall–Kier alpha value is -1.83. The van der Waals surface area contributed by atoms with Gasteiger partial charge in [0.25, 0.3) is 0 Å². The zero-order valence-electron chi connectivity index (χ0n) is 17.1. The first-order chi connectivity index (χ1) is 14.3. The van der Waals surface area contributed by atoms with Crippen LogP contribution in [0.1, 0.15) is 54.5 Å². The highest BCUT2D eigenvalue weighted by molar-refractivity contribution is 7.89. The van der Waals surface area contributed by atoms with Gasteiger partial charge >= 0.3 is 0 Å². The van der Waals surface area contributed by atoms with Crippen LogP contribution in [0.25, 0.3) is 0 Å². The van der Waals surface area contributed by atoms with Crippen molar-refractivity contribution in [1.29, 1.82) is 0 Å². The number of hydrogen-bond acceptors (Lipinski definition) is 3. The molecule has 4 nitrogen and oxygen atoms in total. The molecule has 0 bridgehead atoms. The molecule has 2 aliphatic heterocycles. The van der Waals surface area contributed by atoms with E-state index in [2.05, 4.69) is 0 Å². The average Bonchev–Trinajstić information content (AvgIpc) is 2.72. The molecule has 0 radical (unpaired) electrons. The van der Waals surface area contributed by atoms with Crippen molar-refractivity contribution in [2.45, 2.75) is 49.8 Å². The predicted molar refractivity (Wildman–Crippen MR) is 112 cm³/mol. The van der Waals surface area contributed by atoms with E-state index in [9.17, 15) is 17.2 Å². The molecule has 7 heteroatoms. The summed E-state index contributed by atoms with van der Waals surface area (Å²) in [5.41, 5.74) is 0.675. The maximum absolute atomic E-state index is 15.0. The van der Waals surface area contributed by atoms with Crippen molar-refractivity contribution in [2.24, 2.45) is 0 Å². The molecule has 4 rings (SSSR count). The molecule has 0 saturated carbocycles. The van der Waals surface area contributed by atoms with Crippen LogP contribution in [0.4, 0.5) is 8.78 Å². The van der Waals surface area contributed by atoms with E-state index in [0.717, 1.165) is 5.56 Å². The van der Waals surface area contributed by atoms with Gasteiger partial charge in [-0.05, 0) is 54.4 Å². The van der Waals surface area contributed by atoms with Crippen molar-refractivity contribution in [3.63, 3.8) is 0 Å². The van der Waals surface area contributed by atoms with Crippen molar-refractivity contribution in [3.05, 3.63) is 70.8 Å². The third-order valence-electron chi connectivity index (χ3n) is 6.49. The second kappa shape index (κ2) is 8.36. The summed E-state index contributed by atoms with van der Waals surface area (Å²) < 4.78 is 62.9. The van der Waals surface area contributed by atoms with Crippen LogP contribution in [-0.2, 0) is 26.7 Å². The molecule has 0 aliphatic carbocycles. The third-order valence-corrected chi connectivity index (χ3v) is 8.75. The Morgan fingerprint density at radius 3 is 2.50 bits per heavy atom. The van der Waals surface area contributed by atoms with E-state index in [-0.39, 0.29) is 12.1 Å². The van der Waals surface area contributed by atoms with Gasteiger partial charge in [-0.1, -0.05) is 37.3 Å². The first-order valence-corrected chi connectivity index (χ1v) is 11.9. The zero-order valence-corrected chi connectivity index (χ0v) is 17.9. The lowest BCUT2D eigenvalue weighted by Crippen LogP contribution is -2.39. The van der Waals surface area contributed by atoms with Crippen LogP contribution in [-0.4, -0.2) is 32.5 Å². The predicted octanol–water partition coefficient (Wildman–Crippen LogP) is 4.70. The molecular formula is C23H27F2NO3S. The van der Waals surface area contributed by atoms with E-state index in [1.165, 1.54) is 16.4 Å². The quantitative estimate of drug-likeness (QED) is 0.699. The van der Waals surface area contributed by atoms with Crippen LogP contribution in [0.3, 0.4) is 0 Å². The molecule has 0 amide bonds. The summed E-state index contributed by atoms with van der Waals surface area (Å²) in [6.45, 7) is 3.11. The van der Waals surface area contributed by atoms with E-state index in [1.54, 1.807) is 12.1 Å². The molecule has 2 heterocycles. The first kappa shape index (κ1) is 21.4. The Bertz CT molecular complexity index is 1000. The van der Waals surface area contributed by atoms with E-state index in [0.29, 0.717) is 51.0 Å². The molecule has 2 fully saturated rings. The van der Waals surface area contributed by atoms with Crippen molar-refractivity contribution >= 4 is 10.0 Å². The fraction of sp³-hybridized carbons (Fsp3) is 0.478. The highest BCUT2D eigenvalue weighted by atomic mass is 32.2. The minimum absolute atomic E-state index is 0.0733. The van der Waals surface area contributed by atoms with Crippen LogP contribution < -0.4 is 0 Å². The van der Waals surface area contributed by atoms with E-state index >= 15 is 0 Å². The summed E-state index contributed by atoms with van der Waals surface area (Å²) in [5.74, 6) is -1.04. The van der Waals surface area contributed by atoms with Crippen LogP contribution in [0.5, 0.6) is 0 Å². The van der Waals surface area contributed by atoms with Crippen molar-refractivity contribution in [3.8, 4) is 0 Å². The van der Waals surface area contributed by atoms with Crippen LogP contribution in [0, 0.1) is 11.6 Å². The summed E-state index contributed by atoms with van der Waals surface area (Å²) >= 11 is 0. The van der Waals surface area contributed by atoms with Crippen molar-refractivity contribution < 1.29 is 21.9 Å². The molecule has 2 aromatic rings. The maximum atomic E-state index is 15.0. The number of nitrogens with zero attached hydrogens (tertiary/aromatic N) is 1. The molecule has 0 spiro atoms. The number of sulfonamides is 1. The summed E-state index contributed by atoms with van der Waals surface area (Å²) in [6.07, 6.45) is 2.46. The van der Waals surface area contributed by atoms with E-state index < -0.39 is 32.3 Å². The largest absolute Gasteiger partial charge is 0.381 e. The Morgan fingerprint density at radius 2 is 1.80 bits per heavy atom. The molecule has 2 saturated heterocycles. The molecule has 2 aliphatic rings. The van der Waals surface area contributed by atoms with Gasteiger partial charge in [0, 0.05) is 31.9 Å². The molecule has 2 aromatic carbocycles. The molecule has 162 valence electrons. The molecule has 0 N–H and O–H groups in total. The van der Waals surface area contributed by atoms with Gasteiger partial charge in [-0.3, -0.25) is 0 Å². The molecule has 1 atom stereocenters. The normalized spacial score (nSPS) is 23.9. The Kier molecular flexibility index (Phi) is 5.97. The molecular weight excluding hydrogens is 408 g/mol. The highest BCUT2D eigenvalue weighted by Gasteiger charge is 2.38. The van der Waals surface area contributed by atoms with Crippen molar-refractivity contribution in [2.75, 3.05) is 19.8 Å². The van der Waals surface area contributed by atoms with Gasteiger partial charge in [0.15, 0.2) is 0 Å². The molecule has 0 unspecified atom stereocenters. The molecule has 0 aromatic heterocycles. The first-order valence-electron chi connectivity index (χ1n) is 10.4. The Morgan fingerprint density at radius 1 is 1.10 bits per heavy atom. The van der Waals surface area contributed by atoms with Gasteiger partial charge in [0.2, 0.25) is 10.0 Å². The Balaban J connectivity index is 1.60. The molecule has 30 heavy (non-hydrogen) atoms. The fourth-order valence-electron chi connectivity index (χ4n) is 4.54. The topological polar surface area (TPSA) is 46.6 Å². The lowest BCUT2D eigenvalue weighted by Gasteiger charge is -2.35. The number of hydrogen-bond donors (Lipinski definition) is 0. The van der Waals surface area contributed by atoms with Crippen LogP contribution in [0.2, 0.25) is 0 Å². The lowest BCUT2D eigenvalue weighted by atomic mass is 9.75. The van der Waals surface area contributed by atoms with Crippen LogP contribution in [0.15, 0.2) is 42.5 Å². The van der Waals surface area contributed by atoms with Gasteiger partial charge in [-0.2, -0.15) is 4.31 Å². The Labute approximate surface area is 176 Å². The second-order valence-corrected chi connectivity index (χ2v) is 10.6. The zero-order chi connectivity index (χ0) is 21.4. The van der Waals surface area contributed by atoms with Gasteiger partial charge in [-0.15, -0.1) is 0 Å². The fourth-order valence-corrected chi connectivity index (χ4v) is 6.57. The smallest absolute Gasteiger partial charge is 0.221 e. The number of rotatable bonds is 4. The van der Waals surface area contributed by atoms with Crippen LogP contribution >= 0.6 is 0 Å². The van der Waals surface area contributed by atoms with E-state index in [1.807, 2.05) is 25.1 Å². The lowest BCUT2D eigenvalue weighted by molar-refractivity contribution is 0.0551. The average molecular weight is 436 g/mol. The van der Waals surface area contributed by atoms with Crippen molar-refractivity contribution in [1.82, 2.24) is 4.31 Å².